The first-order valence-corrected chi connectivity index (χ1v) is 13.4. The van der Waals surface area contributed by atoms with Gasteiger partial charge in [-0.3, -0.25) is 13.9 Å². The molecule has 8 nitrogen and oxygen atoms in total. The Morgan fingerprint density at radius 2 is 1.63 bits per heavy atom. The van der Waals surface area contributed by atoms with Gasteiger partial charge in [0.25, 0.3) is 0 Å². The van der Waals surface area contributed by atoms with Crippen LogP contribution in [0.15, 0.2) is 42.5 Å². The molecule has 0 spiro atoms. The summed E-state index contributed by atoms with van der Waals surface area (Å²) < 4.78 is 31.6. The number of anilines is 1. The van der Waals surface area contributed by atoms with Gasteiger partial charge in [0.05, 0.1) is 19.1 Å². The van der Waals surface area contributed by atoms with Gasteiger partial charge in [-0.25, -0.2) is 8.42 Å². The van der Waals surface area contributed by atoms with E-state index in [9.17, 15) is 18.0 Å². The summed E-state index contributed by atoms with van der Waals surface area (Å²) in [6, 6.07) is 10.4. The summed E-state index contributed by atoms with van der Waals surface area (Å²) in [5.41, 5.74) is 0.106. The number of para-hydroxylation sites is 2. The maximum Gasteiger partial charge on any atom is 0.244 e. The Bertz CT molecular complexity index is 1160. The summed E-state index contributed by atoms with van der Waals surface area (Å²) in [5.74, 6) is -0.740. The minimum Gasteiger partial charge on any atom is -0.495 e. The maximum atomic E-state index is 13.6. The third-order valence-electron chi connectivity index (χ3n) is 5.09. The monoisotopic (exact) mass is 543 g/mol. The molecule has 0 fully saturated rings. The highest BCUT2D eigenvalue weighted by atomic mass is 35.5. The lowest BCUT2D eigenvalue weighted by Crippen LogP contribution is -2.54. The highest BCUT2D eigenvalue weighted by molar-refractivity contribution is 7.92. The Morgan fingerprint density at radius 3 is 2.14 bits per heavy atom. The number of benzene rings is 2. The molecule has 0 saturated heterocycles. The summed E-state index contributed by atoms with van der Waals surface area (Å²) in [5, 5.41) is 3.50. The second-order valence-corrected chi connectivity index (χ2v) is 11.8. The number of carbonyl (C=O) groups is 2. The number of nitrogens with zero attached hydrogens (tertiary/aromatic N) is 2. The third kappa shape index (κ3) is 7.75. The first-order chi connectivity index (χ1) is 16.2. The normalized spacial score (nSPS) is 12.6. The Kier molecular flexibility index (Phi) is 9.44. The van der Waals surface area contributed by atoms with Crippen molar-refractivity contribution in [1.29, 1.82) is 0 Å². The number of nitrogens with one attached hydrogen (secondary N) is 1. The van der Waals surface area contributed by atoms with Gasteiger partial charge in [0.2, 0.25) is 21.8 Å². The minimum atomic E-state index is -3.89. The summed E-state index contributed by atoms with van der Waals surface area (Å²) in [6.45, 7) is 6.37. The van der Waals surface area contributed by atoms with E-state index >= 15 is 0 Å². The van der Waals surface area contributed by atoms with Crippen LogP contribution in [0.5, 0.6) is 5.75 Å². The van der Waals surface area contributed by atoms with E-state index in [1.54, 1.807) is 43.3 Å². The molecular formula is C24H31Cl2N3O5S. The average molecular weight is 545 g/mol. The Morgan fingerprint density at radius 1 is 1.06 bits per heavy atom. The molecule has 11 heteroatoms. The number of amides is 2. The molecule has 2 amide bonds. The van der Waals surface area contributed by atoms with Gasteiger partial charge in [0.1, 0.15) is 18.3 Å². The Hall–Kier alpha value is -2.49. The highest BCUT2D eigenvalue weighted by Crippen LogP contribution is 2.30. The van der Waals surface area contributed by atoms with E-state index in [4.69, 9.17) is 27.9 Å². The number of sulfonamides is 1. The fraction of sp³-hybridized carbons (Fsp3) is 0.417. The van der Waals surface area contributed by atoms with E-state index in [0.717, 1.165) is 10.6 Å². The van der Waals surface area contributed by atoms with Gasteiger partial charge in [-0.05, 0) is 52.0 Å². The van der Waals surface area contributed by atoms with Crippen LogP contribution >= 0.6 is 23.2 Å². The van der Waals surface area contributed by atoms with E-state index < -0.39 is 40.0 Å². The molecule has 1 unspecified atom stereocenters. The average Bonchev–Trinajstić information content (AvgIpc) is 2.74. The molecule has 0 saturated carbocycles. The fourth-order valence-electron chi connectivity index (χ4n) is 3.34. The van der Waals surface area contributed by atoms with Crippen molar-refractivity contribution >= 4 is 50.7 Å². The molecule has 0 heterocycles. The minimum absolute atomic E-state index is 0.0976. The summed E-state index contributed by atoms with van der Waals surface area (Å²) in [7, 11) is -2.48. The first kappa shape index (κ1) is 28.7. The van der Waals surface area contributed by atoms with Crippen molar-refractivity contribution in [3.8, 4) is 5.75 Å². The van der Waals surface area contributed by atoms with Crippen LogP contribution < -0.4 is 14.4 Å². The first-order valence-electron chi connectivity index (χ1n) is 10.8. The van der Waals surface area contributed by atoms with Crippen molar-refractivity contribution in [3.63, 3.8) is 0 Å². The molecule has 0 aromatic heterocycles. The van der Waals surface area contributed by atoms with Gasteiger partial charge in [0.15, 0.2) is 0 Å². The van der Waals surface area contributed by atoms with Crippen LogP contribution in [0.4, 0.5) is 5.69 Å². The molecule has 0 aliphatic carbocycles. The standard InChI is InChI=1S/C24H31Cl2N3O5S/c1-16(23(31)27-24(2,3)4)28(14-17-18(25)10-9-11-19(17)26)22(30)15-29(35(6,32)33)20-12-7-8-13-21(20)34-5/h7-13,16H,14-15H2,1-6H3,(H,27,31). The van der Waals surface area contributed by atoms with Gasteiger partial charge in [0, 0.05) is 27.7 Å². The molecule has 2 rings (SSSR count). The summed E-state index contributed by atoms with van der Waals surface area (Å²) >= 11 is 12.7. The molecule has 1 atom stereocenters. The van der Waals surface area contributed by atoms with Crippen LogP contribution in [0.3, 0.4) is 0 Å². The second kappa shape index (κ2) is 11.5. The van der Waals surface area contributed by atoms with Crippen LogP contribution in [-0.4, -0.2) is 56.6 Å². The zero-order chi connectivity index (χ0) is 26.6. The van der Waals surface area contributed by atoms with Crippen molar-refractivity contribution in [2.24, 2.45) is 0 Å². The lowest BCUT2D eigenvalue weighted by Gasteiger charge is -2.33. The molecule has 2 aromatic rings. The topological polar surface area (TPSA) is 96.0 Å². The van der Waals surface area contributed by atoms with E-state index in [1.165, 1.54) is 18.1 Å². The lowest BCUT2D eigenvalue weighted by atomic mass is 10.1. The van der Waals surface area contributed by atoms with Gasteiger partial charge >= 0.3 is 0 Å². The number of hydrogen-bond donors (Lipinski definition) is 1. The summed E-state index contributed by atoms with van der Waals surface area (Å²) in [6.07, 6.45) is 0.998. The lowest BCUT2D eigenvalue weighted by molar-refractivity contribution is -0.140. The van der Waals surface area contributed by atoms with Gasteiger partial charge in [-0.2, -0.15) is 0 Å². The smallest absolute Gasteiger partial charge is 0.244 e. The molecule has 2 aromatic carbocycles. The molecule has 0 aliphatic heterocycles. The van der Waals surface area contributed by atoms with Crippen molar-refractivity contribution in [2.45, 2.75) is 45.8 Å². The number of rotatable bonds is 9. The van der Waals surface area contributed by atoms with E-state index in [2.05, 4.69) is 5.32 Å². The van der Waals surface area contributed by atoms with Crippen LogP contribution in [0.2, 0.25) is 10.0 Å². The molecule has 0 aliphatic rings. The molecule has 0 radical (unpaired) electrons. The molecule has 0 bridgehead atoms. The molecule has 1 N–H and O–H groups in total. The van der Waals surface area contributed by atoms with Gasteiger partial charge < -0.3 is 15.0 Å². The van der Waals surface area contributed by atoms with Crippen molar-refractivity contribution < 1.29 is 22.7 Å². The highest BCUT2D eigenvalue weighted by Gasteiger charge is 2.32. The van der Waals surface area contributed by atoms with Crippen molar-refractivity contribution in [1.82, 2.24) is 10.2 Å². The fourth-order valence-corrected chi connectivity index (χ4v) is 4.71. The molecule has 35 heavy (non-hydrogen) atoms. The predicted molar refractivity (Wildman–Crippen MR) is 140 cm³/mol. The Labute approximate surface area is 217 Å². The van der Waals surface area contributed by atoms with Crippen LogP contribution in [0.1, 0.15) is 33.3 Å². The zero-order valence-electron chi connectivity index (χ0n) is 20.6. The van der Waals surface area contributed by atoms with Crippen molar-refractivity contribution in [3.05, 3.63) is 58.1 Å². The van der Waals surface area contributed by atoms with Gasteiger partial charge in [-0.15, -0.1) is 0 Å². The largest absolute Gasteiger partial charge is 0.495 e. The van der Waals surface area contributed by atoms with Crippen LogP contribution in [-0.2, 0) is 26.2 Å². The number of halogens is 2. The number of ether oxygens (including phenoxy) is 1. The Balaban J connectivity index is 2.51. The van der Waals surface area contributed by atoms with Crippen LogP contribution in [0.25, 0.3) is 0 Å². The predicted octanol–water partition coefficient (Wildman–Crippen LogP) is 4.10. The SMILES string of the molecule is COc1ccccc1N(CC(=O)N(Cc1c(Cl)cccc1Cl)C(C)C(=O)NC(C)(C)C)S(C)(=O)=O. The number of hydrogen-bond acceptors (Lipinski definition) is 5. The maximum absolute atomic E-state index is 13.6. The molecular weight excluding hydrogens is 513 g/mol. The van der Waals surface area contributed by atoms with E-state index in [-0.39, 0.29) is 18.0 Å². The van der Waals surface area contributed by atoms with Gasteiger partial charge in [-0.1, -0.05) is 41.4 Å². The quantitative estimate of drug-likeness (QED) is 0.513. The zero-order valence-corrected chi connectivity index (χ0v) is 23.0. The van der Waals surface area contributed by atoms with Crippen LogP contribution in [0, 0.1) is 0 Å². The second-order valence-electron chi connectivity index (χ2n) is 9.08. The number of carbonyl (C=O) groups excluding carboxylic acids is 2. The third-order valence-corrected chi connectivity index (χ3v) is 6.92. The van der Waals surface area contributed by atoms with E-state index in [0.29, 0.717) is 15.6 Å². The summed E-state index contributed by atoms with van der Waals surface area (Å²) in [4.78, 5) is 27.9. The van der Waals surface area contributed by atoms with E-state index in [1.807, 2.05) is 20.8 Å². The van der Waals surface area contributed by atoms with Crippen molar-refractivity contribution in [2.75, 3.05) is 24.2 Å². The molecule has 192 valence electrons. The number of methoxy groups -OCH3 is 1.